The zero-order valence-electron chi connectivity index (χ0n) is 9.77. The number of nitrogens with two attached hydrogens (primary N) is 1. The molecular formula is C11H20N4. The fourth-order valence-electron chi connectivity index (χ4n) is 2.38. The smallest absolute Gasteiger partial charge is 0.205 e. The number of nitrogens with zero attached hydrogens (tertiary/aromatic N) is 3. The third-order valence-corrected chi connectivity index (χ3v) is 3.15. The van der Waals surface area contributed by atoms with Crippen LogP contribution in [0.2, 0.25) is 0 Å². The standard InChI is InChI=1S/C11H20N4/c1-8-7-14(3)11(13-8)15-5-4-10(12)6-9(15)2/h7,9-10H,4-6,12H2,1-3H3. The Kier molecular flexibility index (Phi) is 2.69. The molecule has 0 aliphatic carbocycles. The van der Waals surface area contributed by atoms with Gasteiger partial charge in [-0.25, -0.2) is 4.98 Å². The Morgan fingerprint density at radius 3 is 2.80 bits per heavy atom. The monoisotopic (exact) mass is 208 g/mol. The first-order valence-electron chi connectivity index (χ1n) is 5.60. The van der Waals surface area contributed by atoms with Gasteiger partial charge in [-0.3, -0.25) is 0 Å². The minimum atomic E-state index is 0.359. The number of rotatable bonds is 1. The lowest BCUT2D eigenvalue weighted by Gasteiger charge is -2.36. The van der Waals surface area contributed by atoms with Gasteiger partial charge in [-0.2, -0.15) is 0 Å². The lowest BCUT2D eigenvalue weighted by Crippen LogP contribution is -2.46. The summed E-state index contributed by atoms with van der Waals surface area (Å²) in [5.41, 5.74) is 7.03. The Morgan fingerprint density at radius 1 is 1.53 bits per heavy atom. The molecule has 0 bridgehead atoms. The summed E-state index contributed by atoms with van der Waals surface area (Å²) in [6.07, 6.45) is 4.19. The van der Waals surface area contributed by atoms with E-state index < -0.39 is 0 Å². The SMILES string of the molecule is Cc1cn(C)c(N2CCC(N)CC2C)n1. The van der Waals surface area contributed by atoms with Crippen LogP contribution in [0.4, 0.5) is 5.95 Å². The molecule has 0 spiro atoms. The van der Waals surface area contributed by atoms with E-state index in [1.165, 1.54) is 0 Å². The van der Waals surface area contributed by atoms with Crippen LogP contribution in [0, 0.1) is 6.92 Å². The molecule has 1 aliphatic rings. The molecule has 15 heavy (non-hydrogen) atoms. The van der Waals surface area contributed by atoms with E-state index in [-0.39, 0.29) is 0 Å². The van der Waals surface area contributed by atoms with E-state index in [0.717, 1.165) is 31.0 Å². The van der Waals surface area contributed by atoms with Crippen LogP contribution in [0.1, 0.15) is 25.5 Å². The van der Waals surface area contributed by atoms with Crippen molar-refractivity contribution in [1.82, 2.24) is 9.55 Å². The summed E-state index contributed by atoms with van der Waals surface area (Å²) in [5.74, 6) is 1.08. The van der Waals surface area contributed by atoms with Crippen LogP contribution in [0.15, 0.2) is 6.20 Å². The van der Waals surface area contributed by atoms with E-state index in [1.807, 2.05) is 6.92 Å². The van der Waals surface area contributed by atoms with Crippen molar-refractivity contribution in [1.29, 1.82) is 0 Å². The first kappa shape index (κ1) is 10.5. The van der Waals surface area contributed by atoms with Crippen LogP contribution in [0.25, 0.3) is 0 Å². The van der Waals surface area contributed by atoms with Crippen LogP contribution in [0.5, 0.6) is 0 Å². The zero-order chi connectivity index (χ0) is 11.0. The van der Waals surface area contributed by atoms with Gasteiger partial charge in [0.1, 0.15) is 0 Å². The minimum absolute atomic E-state index is 0.359. The number of anilines is 1. The maximum absolute atomic E-state index is 5.95. The molecule has 0 radical (unpaired) electrons. The number of hydrogen-bond donors (Lipinski definition) is 1. The molecule has 2 heterocycles. The number of hydrogen-bond acceptors (Lipinski definition) is 3. The van der Waals surface area contributed by atoms with E-state index in [0.29, 0.717) is 12.1 Å². The van der Waals surface area contributed by atoms with Gasteiger partial charge in [0.05, 0.1) is 5.69 Å². The number of piperidine rings is 1. The summed E-state index contributed by atoms with van der Waals surface area (Å²) in [5, 5.41) is 0. The summed E-state index contributed by atoms with van der Waals surface area (Å²) in [6.45, 7) is 5.28. The molecule has 1 aromatic rings. The van der Waals surface area contributed by atoms with Gasteiger partial charge >= 0.3 is 0 Å². The van der Waals surface area contributed by atoms with Crippen molar-refractivity contribution in [3.8, 4) is 0 Å². The summed E-state index contributed by atoms with van der Waals surface area (Å²) in [6, 6.07) is 0.854. The highest BCUT2D eigenvalue weighted by Gasteiger charge is 2.25. The van der Waals surface area contributed by atoms with Crippen LogP contribution < -0.4 is 10.6 Å². The van der Waals surface area contributed by atoms with Gasteiger partial charge in [-0.1, -0.05) is 0 Å². The van der Waals surface area contributed by atoms with Crippen molar-refractivity contribution >= 4 is 5.95 Å². The van der Waals surface area contributed by atoms with Gasteiger partial charge in [-0.15, -0.1) is 0 Å². The van der Waals surface area contributed by atoms with Crippen LogP contribution in [-0.4, -0.2) is 28.2 Å². The topological polar surface area (TPSA) is 47.1 Å². The van der Waals surface area contributed by atoms with E-state index in [1.54, 1.807) is 0 Å². The van der Waals surface area contributed by atoms with Crippen LogP contribution in [-0.2, 0) is 7.05 Å². The molecule has 2 rings (SSSR count). The Labute approximate surface area is 91.1 Å². The third kappa shape index (κ3) is 2.00. The highest BCUT2D eigenvalue weighted by atomic mass is 15.3. The minimum Gasteiger partial charge on any atom is -0.339 e. The summed E-state index contributed by atoms with van der Waals surface area (Å²) >= 11 is 0. The van der Waals surface area contributed by atoms with Gasteiger partial charge in [-0.05, 0) is 26.7 Å². The molecule has 1 fully saturated rings. The second-order valence-corrected chi connectivity index (χ2v) is 4.62. The summed E-state index contributed by atoms with van der Waals surface area (Å²) in [4.78, 5) is 6.91. The average Bonchev–Trinajstić information content (AvgIpc) is 2.45. The molecule has 2 atom stereocenters. The van der Waals surface area contributed by atoms with Crippen molar-refractivity contribution in [2.75, 3.05) is 11.4 Å². The van der Waals surface area contributed by atoms with E-state index in [2.05, 4.69) is 34.6 Å². The number of aryl methyl sites for hydroxylation is 2. The van der Waals surface area contributed by atoms with E-state index >= 15 is 0 Å². The number of imidazole rings is 1. The molecular weight excluding hydrogens is 188 g/mol. The number of aromatic nitrogens is 2. The van der Waals surface area contributed by atoms with Gasteiger partial charge in [0.15, 0.2) is 0 Å². The molecule has 1 saturated heterocycles. The second-order valence-electron chi connectivity index (χ2n) is 4.62. The third-order valence-electron chi connectivity index (χ3n) is 3.15. The van der Waals surface area contributed by atoms with Gasteiger partial charge in [0.25, 0.3) is 0 Å². The van der Waals surface area contributed by atoms with Crippen molar-refractivity contribution in [2.45, 2.75) is 38.8 Å². The van der Waals surface area contributed by atoms with Gasteiger partial charge in [0, 0.05) is 31.9 Å². The molecule has 0 aromatic carbocycles. The summed E-state index contributed by atoms with van der Waals surface area (Å²) in [7, 11) is 2.05. The molecule has 4 nitrogen and oxygen atoms in total. The first-order valence-corrected chi connectivity index (χ1v) is 5.60. The maximum Gasteiger partial charge on any atom is 0.205 e. The van der Waals surface area contributed by atoms with Crippen LogP contribution in [0.3, 0.4) is 0 Å². The summed E-state index contributed by atoms with van der Waals surface area (Å²) < 4.78 is 2.10. The quantitative estimate of drug-likeness (QED) is 0.750. The lowest BCUT2D eigenvalue weighted by atomic mass is 10.00. The Balaban J connectivity index is 2.20. The van der Waals surface area contributed by atoms with Crippen molar-refractivity contribution in [3.05, 3.63) is 11.9 Å². The van der Waals surface area contributed by atoms with Crippen LogP contribution >= 0.6 is 0 Å². The Morgan fingerprint density at radius 2 is 2.27 bits per heavy atom. The largest absolute Gasteiger partial charge is 0.339 e. The van der Waals surface area contributed by atoms with Crippen molar-refractivity contribution < 1.29 is 0 Å². The molecule has 1 aromatic heterocycles. The predicted octanol–water partition coefficient (Wildman–Crippen LogP) is 1.04. The molecule has 1 aliphatic heterocycles. The Bertz CT molecular complexity index is 344. The van der Waals surface area contributed by atoms with Gasteiger partial charge < -0.3 is 15.2 Å². The maximum atomic E-state index is 5.95. The average molecular weight is 208 g/mol. The highest BCUT2D eigenvalue weighted by molar-refractivity contribution is 5.35. The molecule has 2 unspecified atom stereocenters. The molecule has 0 saturated carbocycles. The first-order chi connectivity index (χ1) is 7.08. The van der Waals surface area contributed by atoms with Gasteiger partial charge in [0.2, 0.25) is 5.95 Å². The predicted molar refractivity (Wildman–Crippen MR) is 62.0 cm³/mol. The highest BCUT2D eigenvalue weighted by Crippen LogP contribution is 2.22. The fraction of sp³-hybridized carbons (Fsp3) is 0.727. The molecule has 84 valence electrons. The van der Waals surface area contributed by atoms with E-state index in [4.69, 9.17) is 5.73 Å². The fourth-order valence-corrected chi connectivity index (χ4v) is 2.38. The molecule has 0 amide bonds. The lowest BCUT2D eigenvalue weighted by molar-refractivity contribution is 0.422. The van der Waals surface area contributed by atoms with E-state index in [9.17, 15) is 0 Å². The second kappa shape index (κ2) is 3.85. The zero-order valence-corrected chi connectivity index (χ0v) is 9.77. The molecule has 4 heteroatoms. The van der Waals surface area contributed by atoms with Crippen molar-refractivity contribution in [3.63, 3.8) is 0 Å². The molecule has 2 N–H and O–H groups in total. The Hall–Kier alpha value is -1.03. The van der Waals surface area contributed by atoms with Crippen molar-refractivity contribution in [2.24, 2.45) is 12.8 Å². The normalized spacial score (nSPS) is 27.1.